The molecule has 0 aliphatic heterocycles. The summed E-state index contributed by atoms with van der Waals surface area (Å²) in [4.78, 5) is 28.0. The number of hydrogen-bond acceptors (Lipinski definition) is 6. The Morgan fingerprint density at radius 1 is 1.13 bits per heavy atom. The summed E-state index contributed by atoms with van der Waals surface area (Å²) < 4.78 is 35.1. The van der Waals surface area contributed by atoms with Crippen LogP contribution < -0.4 is 11.1 Å². The lowest BCUT2D eigenvalue weighted by atomic mass is 10.2. The number of halogens is 2. The van der Waals surface area contributed by atoms with Crippen LogP contribution >= 0.6 is 0 Å². The molecular weight excluding hydrogens is 398 g/mol. The SMILES string of the molecule is Cc1cc(-c2nn(C)c(=O)o2)n(-c2ccc(NC(=O)c3c(F)cccc3F)cn2)n1. The number of amides is 1. The fraction of sp³-hybridized carbons (Fsp3) is 0.105. The van der Waals surface area contributed by atoms with Crippen LogP contribution in [0.5, 0.6) is 0 Å². The number of benzene rings is 1. The van der Waals surface area contributed by atoms with E-state index in [4.69, 9.17) is 4.42 Å². The second-order valence-electron chi connectivity index (χ2n) is 6.34. The van der Waals surface area contributed by atoms with E-state index in [1.54, 1.807) is 13.0 Å². The van der Waals surface area contributed by atoms with Gasteiger partial charge in [0.05, 0.1) is 17.6 Å². The third-order valence-corrected chi connectivity index (χ3v) is 4.15. The summed E-state index contributed by atoms with van der Waals surface area (Å²) in [7, 11) is 1.46. The maximum atomic E-state index is 13.8. The molecule has 0 aliphatic carbocycles. The van der Waals surface area contributed by atoms with Gasteiger partial charge >= 0.3 is 5.76 Å². The molecule has 0 aliphatic rings. The fourth-order valence-corrected chi connectivity index (χ4v) is 2.77. The predicted octanol–water partition coefficient (Wildman–Crippen LogP) is 2.46. The van der Waals surface area contributed by atoms with Crippen molar-refractivity contribution in [3.63, 3.8) is 0 Å². The Labute approximate surface area is 167 Å². The summed E-state index contributed by atoms with van der Waals surface area (Å²) in [5.74, 6) is -3.08. The van der Waals surface area contributed by atoms with Gasteiger partial charge in [-0.1, -0.05) is 6.07 Å². The van der Waals surface area contributed by atoms with Gasteiger partial charge in [-0.2, -0.15) is 9.78 Å². The van der Waals surface area contributed by atoms with Crippen LogP contribution in [-0.4, -0.2) is 30.5 Å². The number of rotatable bonds is 4. The number of nitrogens with zero attached hydrogens (tertiary/aromatic N) is 5. The van der Waals surface area contributed by atoms with Gasteiger partial charge in [0.15, 0.2) is 5.82 Å². The first-order chi connectivity index (χ1) is 14.3. The molecule has 4 aromatic rings. The van der Waals surface area contributed by atoms with Crippen molar-refractivity contribution in [1.29, 1.82) is 0 Å². The molecule has 0 spiro atoms. The Balaban J connectivity index is 1.62. The largest absolute Gasteiger partial charge is 0.437 e. The molecule has 3 heterocycles. The number of hydrogen-bond donors (Lipinski definition) is 1. The van der Waals surface area contributed by atoms with Gasteiger partial charge in [-0.3, -0.25) is 4.79 Å². The first-order valence-electron chi connectivity index (χ1n) is 8.66. The number of carbonyl (C=O) groups is 1. The number of aromatic nitrogens is 5. The molecule has 0 atom stereocenters. The van der Waals surface area contributed by atoms with Crippen molar-refractivity contribution in [1.82, 2.24) is 24.5 Å². The van der Waals surface area contributed by atoms with Gasteiger partial charge in [-0.25, -0.2) is 23.2 Å². The van der Waals surface area contributed by atoms with Crippen LogP contribution in [0.2, 0.25) is 0 Å². The molecule has 0 unspecified atom stereocenters. The summed E-state index contributed by atoms with van der Waals surface area (Å²) in [5.41, 5.74) is 0.577. The molecule has 1 amide bonds. The highest BCUT2D eigenvalue weighted by atomic mass is 19.1. The summed E-state index contributed by atoms with van der Waals surface area (Å²) >= 11 is 0. The van der Waals surface area contributed by atoms with E-state index in [2.05, 4.69) is 20.5 Å². The van der Waals surface area contributed by atoms with Crippen molar-refractivity contribution < 1.29 is 18.0 Å². The standard InChI is InChI=1S/C19H14F2N6O3/c1-10-8-14(18-25-26(2)19(29)30-18)27(24-10)15-7-6-11(9-22-15)23-17(28)16-12(20)4-3-5-13(16)21/h3-9H,1-2H3,(H,23,28). The predicted molar refractivity (Wildman–Crippen MR) is 101 cm³/mol. The molecular formula is C19H14F2N6O3. The normalized spacial score (nSPS) is 10.9. The lowest BCUT2D eigenvalue weighted by Crippen LogP contribution is -2.16. The molecule has 4 rings (SSSR count). The highest BCUT2D eigenvalue weighted by molar-refractivity contribution is 6.04. The maximum absolute atomic E-state index is 13.8. The van der Waals surface area contributed by atoms with Gasteiger partial charge in [0.1, 0.15) is 22.9 Å². The quantitative estimate of drug-likeness (QED) is 0.552. The van der Waals surface area contributed by atoms with Crippen LogP contribution in [0.4, 0.5) is 14.5 Å². The summed E-state index contributed by atoms with van der Waals surface area (Å²) in [6.45, 7) is 1.75. The van der Waals surface area contributed by atoms with Crippen molar-refractivity contribution in [3.05, 3.63) is 76.0 Å². The van der Waals surface area contributed by atoms with E-state index in [-0.39, 0.29) is 11.6 Å². The molecule has 3 aromatic heterocycles. The number of pyridine rings is 1. The minimum atomic E-state index is -0.967. The molecule has 0 bridgehead atoms. The Kier molecular flexibility index (Phi) is 4.70. The lowest BCUT2D eigenvalue weighted by Gasteiger charge is -2.08. The molecule has 0 fully saturated rings. The lowest BCUT2D eigenvalue weighted by molar-refractivity contribution is 0.101. The van der Waals surface area contributed by atoms with Crippen molar-refractivity contribution >= 4 is 11.6 Å². The van der Waals surface area contributed by atoms with E-state index >= 15 is 0 Å². The van der Waals surface area contributed by atoms with E-state index in [1.807, 2.05) is 0 Å². The summed E-state index contributed by atoms with van der Waals surface area (Å²) in [5, 5.41) is 10.7. The van der Waals surface area contributed by atoms with E-state index in [0.29, 0.717) is 17.2 Å². The van der Waals surface area contributed by atoms with Crippen molar-refractivity contribution in [3.8, 4) is 17.4 Å². The zero-order valence-electron chi connectivity index (χ0n) is 15.8. The highest BCUT2D eigenvalue weighted by Crippen LogP contribution is 2.21. The van der Waals surface area contributed by atoms with Gasteiger partial charge < -0.3 is 9.73 Å². The zero-order chi connectivity index (χ0) is 21.4. The molecule has 1 aromatic carbocycles. The summed E-state index contributed by atoms with van der Waals surface area (Å²) in [6, 6.07) is 7.86. The van der Waals surface area contributed by atoms with Crippen LogP contribution in [0.25, 0.3) is 17.4 Å². The highest BCUT2D eigenvalue weighted by Gasteiger charge is 2.19. The van der Waals surface area contributed by atoms with Gasteiger partial charge in [0, 0.05) is 7.05 Å². The Morgan fingerprint density at radius 3 is 2.47 bits per heavy atom. The van der Waals surface area contributed by atoms with Crippen LogP contribution in [0, 0.1) is 18.6 Å². The Bertz CT molecular complexity index is 1290. The zero-order valence-corrected chi connectivity index (χ0v) is 15.8. The van der Waals surface area contributed by atoms with E-state index < -0.39 is 28.9 Å². The van der Waals surface area contributed by atoms with Crippen molar-refractivity contribution in [2.75, 3.05) is 5.32 Å². The molecule has 11 heteroatoms. The second-order valence-corrected chi connectivity index (χ2v) is 6.34. The first-order valence-corrected chi connectivity index (χ1v) is 8.66. The third-order valence-electron chi connectivity index (χ3n) is 4.15. The number of aryl methyl sites for hydroxylation is 2. The maximum Gasteiger partial charge on any atom is 0.437 e. The van der Waals surface area contributed by atoms with E-state index in [1.165, 1.54) is 36.1 Å². The number of nitrogens with one attached hydrogen (secondary N) is 1. The smallest absolute Gasteiger partial charge is 0.386 e. The van der Waals surface area contributed by atoms with Gasteiger partial charge in [0.2, 0.25) is 0 Å². The van der Waals surface area contributed by atoms with Crippen LogP contribution in [0.1, 0.15) is 16.1 Å². The Morgan fingerprint density at radius 2 is 1.87 bits per heavy atom. The average Bonchev–Trinajstić information content (AvgIpc) is 3.24. The minimum Gasteiger partial charge on any atom is -0.386 e. The van der Waals surface area contributed by atoms with Crippen LogP contribution in [0.15, 0.2) is 51.8 Å². The average molecular weight is 412 g/mol. The Hall–Kier alpha value is -4.15. The number of anilines is 1. The number of carbonyl (C=O) groups excluding carboxylic acids is 1. The van der Waals surface area contributed by atoms with E-state index in [0.717, 1.165) is 16.8 Å². The summed E-state index contributed by atoms with van der Waals surface area (Å²) in [6.07, 6.45) is 1.31. The fourth-order valence-electron chi connectivity index (χ4n) is 2.77. The van der Waals surface area contributed by atoms with Crippen LogP contribution in [-0.2, 0) is 7.05 Å². The van der Waals surface area contributed by atoms with Crippen molar-refractivity contribution in [2.24, 2.45) is 7.05 Å². The van der Waals surface area contributed by atoms with Crippen LogP contribution in [0.3, 0.4) is 0 Å². The van der Waals surface area contributed by atoms with Gasteiger partial charge in [-0.05, 0) is 37.3 Å². The monoisotopic (exact) mass is 412 g/mol. The molecule has 30 heavy (non-hydrogen) atoms. The molecule has 9 nitrogen and oxygen atoms in total. The molecule has 0 saturated carbocycles. The molecule has 1 N–H and O–H groups in total. The molecule has 152 valence electrons. The molecule has 0 saturated heterocycles. The van der Waals surface area contributed by atoms with E-state index in [9.17, 15) is 18.4 Å². The topological polar surface area (TPSA) is 108 Å². The minimum absolute atomic E-state index is 0.0670. The molecule has 0 radical (unpaired) electrons. The second kappa shape index (κ2) is 7.35. The van der Waals surface area contributed by atoms with Crippen molar-refractivity contribution in [2.45, 2.75) is 6.92 Å². The van der Waals surface area contributed by atoms with Gasteiger partial charge in [0.25, 0.3) is 11.8 Å². The first kappa shape index (κ1) is 19.2. The van der Waals surface area contributed by atoms with Gasteiger partial charge in [-0.15, -0.1) is 5.10 Å². The third kappa shape index (κ3) is 3.48.